The standard InChI is InChI=1S/C18H19N5O2/c1-11-4-2-6-15-19-13(10-23(11)15)18(24)22-9-3-5-14(22)16-20-17(25-21-16)12-7-8-12/h2,4,6,10,12,14H,3,5,7-9H2,1H3/t14-/m1/s1. The third-order valence-electron chi connectivity index (χ3n) is 5.11. The van der Waals surface area contributed by atoms with Crippen LogP contribution in [0.5, 0.6) is 0 Å². The number of pyridine rings is 1. The van der Waals surface area contributed by atoms with Gasteiger partial charge in [0.2, 0.25) is 5.89 Å². The first-order chi connectivity index (χ1) is 12.2. The number of imidazole rings is 1. The quantitative estimate of drug-likeness (QED) is 0.734. The SMILES string of the molecule is Cc1cccc2nc(C(=O)N3CCC[C@@H]3c3noc(C4CC4)n3)cn12. The van der Waals surface area contributed by atoms with E-state index in [9.17, 15) is 4.79 Å². The third kappa shape index (κ3) is 2.42. The molecular formula is C18H19N5O2. The molecule has 1 aliphatic carbocycles. The van der Waals surface area contributed by atoms with Crippen molar-refractivity contribution >= 4 is 11.6 Å². The van der Waals surface area contributed by atoms with Gasteiger partial charge in [0.25, 0.3) is 5.91 Å². The monoisotopic (exact) mass is 337 g/mol. The van der Waals surface area contributed by atoms with Crippen LogP contribution in [0.1, 0.15) is 65.5 Å². The highest BCUT2D eigenvalue weighted by Crippen LogP contribution is 2.40. The fourth-order valence-corrected chi connectivity index (χ4v) is 3.56. The molecule has 2 aliphatic rings. The molecule has 0 N–H and O–H groups in total. The Morgan fingerprint density at radius 1 is 1.24 bits per heavy atom. The Hall–Kier alpha value is -2.70. The highest BCUT2D eigenvalue weighted by atomic mass is 16.5. The predicted octanol–water partition coefficient (Wildman–Crippen LogP) is 2.88. The van der Waals surface area contributed by atoms with Gasteiger partial charge in [-0.25, -0.2) is 4.98 Å². The average Bonchev–Trinajstić information content (AvgIpc) is 3.06. The van der Waals surface area contributed by atoms with Gasteiger partial charge in [-0.3, -0.25) is 4.79 Å². The maximum Gasteiger partial charge on any atom is 0.274 e. The topological polar surface area (TPSA) is 76.5 Å². The number of rotatable bonds is 3. The molecule has 5 rings (SSSR count). The summed E-state index contributed by atoms with van der Waals surface area (Å²) in [7, 11) is 0. The number of amides is 1. The van der Waals surface area contributed by atoms with E-state index in [0.29, 0.717) is 24.0 Å². The van der Waals surface area contributed by atoms with Gasteiger partial charge in [-0.15, -0.1) is 0 Å². The van der Waals surface area contributed by atoms with Crippen molar-refractivity contribution in [2.75, 3.05) is 6.54 Å². The number of carbonyl (C=O) groups is 1. The van der Waals surface area contributed by atoms with Gasteiger partial charge in [0.15, 0.2) is 5.82 Å². The van der Waals surface area contributed by atoms with Crippen molar-refractivity contribution in [2.45, 2.75) is 44.6 Å². The molecule has 3 aromatic heterocycles. The fraction of sp³-hybridized carbons (Fsp3) is 0.444. The van der Waals surface area contributed by atoms with Crippen LogP contribution < -0.4 is 0 Å². The second kappa shape index (κ2) is 5.40. The van der Waals surface area contributed by atoms with E-state index in [4.69, 9.17) is 4.52 Å². The van der Waals surface area contributed by atoms with E-state index in [-0.39, 0.29) is 11.9 Å². The van der Waals surface area contributed by atoms with E-state index in [1.54, 1.807) is 0 Å². The molecule has 0 aromatic carbocycles. The van der Waals surface area contributed by atoms with Crippen LogP contribution in [0.25, 0.3) is 5.65 Å². The first kappa shape index (κ1) is 14.6. The molecule has 128 valence electrons. The zero-order chi connectivity index (χ0) is 17.0. The zero-order valence-corrected chi connectivity index (χ0v) is 14.1. The van der Waals surface area contributed by atoms with Gasteiger partial charge in [0.1, 0.15) is 11.3 Å². The number of hydrogen-bond acceptors (Lipinski definition) is 5. The minimum Gasteiger partial charge on any atom is -0.339 e. The smallest absolute Gasteiger partial charge is 0.274 e. The number of aromatic nitrogens is 4. The van der Waals surface area contributed by atoms with Crippen molar-refractivity contribution in [3.8, 4) is 0 Å². The molecule has 0 unspecified atom stereocenters. The molecular weight excluding hydrogens is 318 g/mol. The Kier molecular flexibility index (Phi) is 3.16. The van der Waals surface area contributed by atoms with Crippen LogP contribution in [0.3, 0.4) is 0 Å². The van der Waals surface area contributed by atoms with Crippen LogP contribution >= 0.6 is 0 Å². The van der Waals surface area contributed by atoms with Crippen LogP contribution in [0, 0.1) is 6.92 Å². The summed E-state index contributed by atoms with van der Waals surface area (Å²) in [5, 5.41) is 4.14. The highest BCUT2D eigenvalue weighted by Gasteiger charge is 2.37. The number of nitrogens with zero attached hydrogens (tertiary/aromatic N) is 5. The molecule has 0 radical (unpaired) electrons. The molecule has 7 nitrogen and oxygen atoms in total. The molecule has 4 heterocycles. The Labute approximate surface area is 144 Å². The molecule has 1 amide bonds. The molecule has 7 heteroatoms. The summed E-state index contributed by atoms with van der Waals surface area (Å²) in [4.78, 5) is 23.9. The summed E-state index contributed by atoms with van der Waals surface area (Å²) in [6, 6.07) is 5.74. The lowest BCUT2D eigenvalue weighted by molar-refractivity contribution is 0.0723. The fourth-order valence-electron chi connectivity index (χ4n) is 3.56. The summed E-state index contributed by atoms with van der Waals surface area (Å²) in [6.45, 7) is 2.70. The highest BCUT2D eigenvalue weighted by molar-refractivity contribution is 5.93. The summed E-state index contributed by atoms with van der Waals surface area (Å²) < 4.78 is 7.32. The lowest BCUT2D eigenvalue weighted by Crippen LogP contribution is -2.31. The molecule has 1 aliphatic heterocycles. The van der Waals surface area contributed by atoms with Gasteiger partial charge >= 0.3 is 0 Å². The second-order valence-corrected chi connectivity index (χ2v) is 6.94. The molecule has 0 spiro atoms. The van der Waals surface area contributed by atoms with Crippen LogP contribution in [-0.4, -0.2) is 36.9 Å². The molecule has 2 fully saturated rings. The number of fused-ring (bicyclic) bond motifs is 1. The van der Waals surface area contributed by atoms with Crippen molar-refractivity contribution in [3.63, 3.8) is 0 Å². The number of hydrogen-bond donors (Lipinski definition) is 0. The van der Waals surface area contributed by atoms with E-state index >= 15 is 0 Å². The number of likely N-dealkylation sites (tertiary alicyclic amines) is 1. The minimum atomic E-state index is -0.116. The predicted molar refractivity (Wildman–Crippen MR) is 89.2 cm³/mol. The molecule has 1 saturated heterocycles. The summed E-state index contributed by atoms with van der Waals surface area (Å²) in [5.41, 5.74) is 2.30. The second-order valence-electron chi connectivity index (χ2n) is 6.94. The van der Waals surface area contributed by atoms with E-state index in [2.05, 4.69) is 15.1 Å². The van der Waals surface area contributed by atoms with Gasteiger partial charge < -0.3 is 13.8 Å². The van der Waals surface area contributed by atoms with E-state index < -0.39 is 0 Å². The molecule has 3 aromatic rings. The van der Waals surface area contributed by atoms with Gasteiger partial charge in [0.05, 0.1) is 6.04 Å². The maximum atomic E-state index is 13.0. The molecule has 1 saturated carbocycles. The third-order valence-corrected chi connectivity index (χ3v) is 5.11. The van der Waals surface area contributed by atoms with Crippen LogP contribution in [0.4, 0.5) is 0 Å². The maximum absolute atomic E-state index is 13.0. The van der Waals surface area contributed by atoms with E-state index in [1.807, 2.05) is 40.6 Å². The Balaban J connectivity index is 1.45. The largest absolute Gasteiger partial charge is 0.339 e. The number of aryl methyl sites for hydroxylation is 1. The number of carbonyl (C=O) groups excluding carboxylic acids is 1. The summed E-state index contributed by atoms with van der Waals surface area (Å²) >= 11 is 0. The Morgan fingerprint density at radius 2 is 2.12 bits per heavy atom. The van der Waals surface area contributed by atoms with Gasteiger partial charge in [-0.05, 0) is 44.7 Å². The molecule has 1 atom stereocenters. The average molecular weight is 337 g/mol. The van der Waals surface area contributed by atoms with Crippen molar-refractivity contribution in [1.82, 2.24) is 24.4 Å². The van der Waals surface area contributed by atoms with Crippen molar-refractivity contribution in [3.05, 3.63) is 47.5 Å². The van der Waals surface area contributed by atoms with Crippen molar-refractivity contribution in [1.29, 1.82) is 0 Å². The summed E-state index contributed by atoms with van der Waals surface area (Å²) in [5.74, 6) is 1.71. The minimum absolute atomic E-state index is 0.0663. The molecule has 0 bridgehead atoms. The van der Waals surface area contributed by atoms with Crippen LogP contribution in [0.2, 0.25) is 0 Å². The van der Waals surface area contributed by atoms with Gasteiger partial charge in [-0.1, -0.05) is 11.2 Å². The van der Waals surface area contributed by atoms with Crippen LogP contribution in [-0.2, 0) is 0 Å². The van der Waals surface area contributed by atoms with Crippen LogP contribution in [0.15, 0.2) is 28.9 Å². The Bertz CT molecular complexity index is 955. The van der Waals surface area contributed by atoms with Gasteiger partial charge in [-0.2, -0.15) is 4.98 Å². The zero-order valence-electron chi connectivity index (χ0n) is 14.1. The lowest BCUT2D eigenvalue weighted by Gasteiger charge is -2.21. The van der Waals surface area contributed by atoms with E-state index in [1.165, 1.54) is 0 Å². The van der Waals surface area contributed by atoms with E-state index in [0.717, 1.165) is 42.9 Å². The Morgan fingerprint density at radius 3 is 2.92 bits per heavy atom. The van der Waals surface area contributed by atoms with Crippen molar-refractivity contribution in [2.24, 2.45) is 0 Å². The first-order valence-corrected chi connectivity index (χ1v) is 8.80. The van der Waals surface area contributed by atoms with Gasteiger partial charge in [0, 0.05) is 24.4 Å². The normalized spacial score (nSPS) is 20.5. The van der Waals surface area contributed by atoms with Crippen molar-refractivity contribution < 1.29 is 9.32 Å². The first-order valence-electron chi connectivity index (χ1n) is 8.80. The molecule has 25 heavy (non-hydrogen) atoms. The lowest BCUT2D eigenvalue weighted by atomic mass is 10.2. The summed E-state index contributed by atoms with van der Waals surface area (Å²) in [6.07, 6.45) is 5.86.